The van der Waals surface area contributed by atoms with Gasteiger partial charge in [-0.25, -0.2) is 13.4 Å². The molecule has 23 heavy (non-hydrogen) atoms. The molecule has 1 aromatic heterocycles. The fourth-order valence-electron chi connectivity index (χ4n) is 2.29. The number of morpholine rings is 1. The molecule has 2 aromatic rings. The third-order valence-corrected chi connectivity index (χ3v) is 5.82. The van der Waals surface area contributed by atoms with Crippen LogP contribution < -0.4 is 5.32 Å². The summed E-state index contributed by atoms with van der Waals surface area (Å²) in [6.45, 7) is 1.62. The molecule has 1 saturated heterocycles. The maximum Gasteiger partial charge on any atom is 0.243 e. The number of rotatable bonds is 4. The van der Waals surface area contributed by atoms with E-state index in [0.29, 0.717) is 37.8 Å². The summed E-state index contributed by atoms with van der Waals surface area (Å²) in [6.07, 6.45) is 1.67. The fraction of sp³-hybridized carbons (Fsp3) is 0.267. The summed E-state index contributed by atoms with van der Waals surface area (Å²) in [6, 6.07) is 10.4. The molecular weight excluding hydrogens is 382 g/mol. The van der Waals surface area contributed by atoms with E-state index in [4.69, 9.17) is 4.74 Å². The minimum absolute atomic E-state index is 0.263. The Kier molecular flexibility index (Phi) is 4.96. The van der Waals surface area contributed by atoms with Crippen LogP contribution in [0.1, 0.15) is 0 Å². The third-order valence-electron chi connectivity index (χ3n) is 3.44. The largest absolute Gasteiger partial charge is 0.379 e. The van der Waals surface area contributed by atoms with Gasteiger partial charge in [-0.1, -0.05) is 22.0 Å². The van der Waals surface area contributed by atoms with Crippen LogP contribution in [0.3, 0.4) is 0 Å². The Morgan fingerprint density at radius 1 is 1.17 bits per heavy atom. The second-order valence-corrected chi connectivity index (χ2v) is 7.88. The van der Waals surface area contributed by atoms with Crippen molar-refractivity contribution in [1.82, 2.24) is 9.29 Å². The highest BCUT2D eigenvalue weighted by molar-refractivity contribution is 9.10. The first-order chi connectivity index (χ1) is 11.1. The summed E-state index contributed by atoms with van der Waals surface area (Å²) in [5.74, 6) is 0.639. The van der Waals surface area contributed by atoms with Gasteiger partial charge in [-0.3, -0.25) is 0 Å². The van der Waals surface area contributed by atoms with Gasteiger partial charge in [0.1, 0.15) is 5.82 Å². The van der Waals surface area contributed by atoms with E-state index in [0.717, 1.165) is 4.47 Å². The van der Waals surface area contributed by atoms with Crippen LogP contribution in [0.4, 0.5) is 11.5 Å². The van der Waals surface area contributed by atoms with E-state index in [9.17, 15) is 8.42 Å². The van der Waals surface area contributed by atoms with E-state index in [2.05, 4.69) is 26.2 Å². The van der Waals surface area contributed by atoms with Crippen LogP contribution in [0.2, 0.25) is 0 Å². The predicted molar refractivity (Wildman–Crippen MR) is 91.2 cm³/mol. The molecule has 1 aliphatic heterocycles. The van der Waals surface area contributed by atoms with Crippen molar-refractivity contribution in [2.45, 2.75) is 4.90 Å². The molecule has 0 amide bonds. The molecular formula is C15H16BrN3O3S. The molecule has 8 heteroatoms. The van der Waals surface area contributed by atoms with Crippen LogP contribution in [-0.2, 0) is 14.8 Å². The number of hydrogen-bond acceptors (Lipinski definition) is 5. The molecule has 1 N–H and O–H groups in total. The van der Waals surface area contributed by atoms with E-state index >= 15 is 0 Å². The lowest BCUT2D eigenvalue weighted by Gasteiger charge is -2.26. The zero-order valence-electron chi connectivity index (χ0n) is 12.3. The SMILES string of the molecule is O=S(=O)(c1cccc(Nc2cc(Br)ccn2)c1)N1CCOCC1. The molecule has 0 bridgehead atoms. The number of hydrogen-bond donors (Lipinski definition) is 1. The Hall–Kier alpha value is -1.48. The van der Waals surface area contributed by atoms with Crippen molar-refractivity contribution in [3.63, 3.8) is 0 Å². The van der Waals surface area contributed by atoms with Crippen LogP contribution in [0.15, 0.2) is 52.0 Å². The van der Waals surface area contributed by atoms with Crippen molar-refractivity contribution < 1.29 is 13.2 Å². The normalized spacial score (nSPS) is 16.2. The Labute approximate surface area is 143 Å². The van der Waals surface area contributed by atoms with Crippen molar-refractivity contribution in [2.24, 2.45) is 0 Å². The second-order valence-electron chi connectivity index (χ2n) is 5.03. The number of aromatic nitrogens is 1. The third kappa shape index (κ3) is 3.89. The lowest BCUT2D eigenvalue weighted by molar-refractivity contribution is 0.0730. The Bertz CT molecular complexity index is 792. The summed E-state index contributed by atoms with van der Waals surface area (Å²) < 4.78 is 32.9. The maximum absolute atomic E-state index is 12.7. The fourth-order valence-corrected chi connectivity index (χ4v) is 4.08. The Morgan fingerprint density at radius 2 is 1.96 bits per heavy atom. The van der Waals surface area contributed by atoms with Gasteiger partial charge in [0.2, 0.25) is 10.0 Å². The Balaban J connectivity index is 1.84. The molecule has 122 valence electrons. The van der Waals surface area contributed by atoms with Crippen LogP contribution in [0.5, 0.6) is 0 Å². The maximum atomic E-state index is 12.7. The first kappa shape index (κ1) is 16.4. The van der Waals surface area contributed by atoms with Crippen LogP contribution in [0, 0.1) is 0 Å². The second kappa shape index (κ2) is 6.96. The lowest BCUT2D eigenvalue weighted by Crippen LogP contribution is -2.40. The predicted octanol–water partition coefficient (Wildman–Crippen LogP) is 2.61. The molecule has 0 unspecified atom stereocenters. The molecule has 0 aliphatic carbocycles. The number of nitrogens with one attached hydrogen (secondary N) is 1. The summed E-state index contributed by atoms with van der Waals surface area (Å²) in [5.41, 5.74) is 0.671. The number of pyridine rings is 1. The highest BCUT2D eigenvalue weighted by Crippen LogP contribution is 2.23. The summed E-state index contributed by atoms with van der Waals surface area (Å²) in [7, 11) is -3.50. The van der Waals surface area contributed by atoms with Gasteiger partial charge < -0.3 is 10.1 Å². The monoisotopic (exact) mass is 397 g/mol. The number of ether oxygens (including phenoxy) is 1. The van der Waals surface area contributed by atoms with E-state index in [1.165, 1.54) is 4.31 Å². The first-order valence-electron chi connectivity index (χ1n) is 7.12. The standard InChI is InChI=1S/C15H16BrN3O3S/c16-12-4-5-17-15(10-12)18-13-2-1-3-14(11-13)23(20,21)19-6-8-22-9-7-19/h1-5,10-11H,6-9H2,(H,17,18). The van der Waals surface area contributed by atoms with Gasteiger partial charge in [-0.05, 0) is 30.3 Å². The van der Waals surface area contributed by atoms with Gasteiger partial charge in [0.25, 0.3) is 0 Å². The molecule has 1 aliphatic rings. The van der Waals surface area contributed by atoms with Crippen molar-refractivity contribution >= 4 is 37.5 Å². The average Bonchev–Trinajstić information content (AvgIpc) is 2.56. The highest BCUT2D eigenvalue weighted by Gasteiger charge is 2.26. The molecule has 0 atom stereocenters. The van der Waals surface area contributed by atoms with Crippen molar-refractivity contribution in [3.8, 4) is 0 Å². The van der Waals surface area contributed by atoms with E-state index in [-0.39, 0.29) is 4.90 Å². The van der Waals surface area contributed by atoms with Crippen molar-refractivity contribution in [3.05, 3.63) is 47.1 Å². The molecule has 6 nitrogen and oxygen atoms in total. The zero-order valence-corrected chi connectivity index (χ0v) is 14.7. The number of halogens is 1. The van der Waals surface area contributed by atoms with E-state index in [1.54, 1.807) is 30.5 Å². The van der Waals surface area contributed by atoms with Gasteiger partial charge >= 0.3 is 0 Å². The first-order valence-corrected chi connectivity index (χ1v) is 9.35. The smallest absolute Gasteiger partial charge is 0.243 e. The van der Waals surface area contributed by atoms with Gasteiger partial charge in [-0.15, -0.1) is 0 Å². The van der Waals surface area contributed by atoms with Crippen LogP contribution in [0.25, 0.3) is 0 Å². The van der Waals surface area contributed by atoms with E-state index in [1.807, 2.05) is 12.1 Å². The highest BCUT2D eigenvalue weighted by atomic mass is 79.9. The molecule has 0 spiro atoms. The molecule has 1 aromatic carbocycles. The number of benzene rings is 1. The van der Waals surface area contributed by atoms with E-state index < -0.39 is 10.0 Å². The van der Waals surface area contributed by atoms with Gasteiger partial charge in [0, 0.05) is 29.4 Å². The molecule has 1 fully saturated rings. The van der Waals surface area contributed by atoms with Crippen LogP contribution >= 0.6 is 15.9 Å². The summed E-state index contributed by atoms with van der Waals surface area (Å²) in [5, 5.41) is 3.11. The average molecular weight is 398 g/mol. The van der Waals surface area contributed by atoms with Crippen LogP contribution in [-0.4, -0.2) is 44.0 Å². The van der Waals surface area contributed by atoms with Gasteiger partial charge in [0.05, 0.1) is 18.1 Å². The van der Waals surface area contributed by atoms with Gasteiger partial charge in [-0.2, -0.15) is 4.31 Å². The number of sulfonamides is 1. The minimum Gasteiger partial charge on any atom is -0.379 e. The number of nitrogens with zero attached hydrogens (tertiary/aromatic N) is 2. The number of anilines is 2. The Morgan fingerprint density at radius 3 is 2.70 bits per heavy atom. The van der Waals surface area contributed by atoms with Crippen molar-refractivity contribution in [1.29, 1.82) is 0 Å². The lowest BCUT2D eigenvalue weighted by atomic mass is 10.3. The minimum atomic E-state index is -3.50. The molecule has 0 saturated carbocycles. The quantitative estimate of drug-likeness (QED) is 0.858. The topological polar surface area (TPSA) is 71.5 Å². The molecule has 3 rings (SSSR count). The molecule has 0 radical (unpaired) electrons. The molecule has 2 heterocycles. The van der Waals surface area contributed by atoms with Gasteiger partial charge in [0.15, 0.2) is 0 Å². The zero-order chi connectivity index (χ0) is 16.3. The summed E-state index contributed by atoms with van der Waals surface area (Å²) in [4.78, 5) is 4.46. The van der Waals surface area contributed by atoms with Crippen molar-refractivity contribution in [2.75, 3.05) is 31.6 Å². The summed E-state index contributed by atoms with van der Waals surface area (Å²) >= 11 is 3.38.